The molecule has 0 amide bonds. The summed E-state index contributed by atoms with van der Waals surface area (Å²) in [6, 6.07) is 8.09. The Balaban J connectivity index is 0.00000166. The summed E-state index contributed by atoms with van der Waals surface area (Å²) in [5, 5.41) is 12.6. The number of methoxy groups -OCH3 is 1. The van der Waals surface area contributed by atoms with Crippen LogP contribution in [0.3, 0.4) is 0 Å². The van der Waals surface area contributed by atoms with Crippen molar-refractivity contribution in [3.8, 4) is 5.88 Å². The van der Waals surface area contributed by atoms with Crippen LogP contribution in [-0.2, 0) is 17.6 Å². The molecule has 2 aromatic rings. The number of carbonyl (C=O) groups is 1. The van der Waals surface area contributed by atoms with Gasteiger partial charge in [0.2, 0.25) is 5.88 Å². The average molecular weight is 428 g/mol. The number of ether oxygens (including phenoxy) is 1. The van der Waals surface area contributed by atoms with Crippen molar-refractivity contribution in [1.82, 2.24) is 9.97 Å². The summed E-state index contributed by atoms with van der Waals surface area (Å²) in [4.78, 5) is 20.2. The number of aryl methyl sites for hydroxylation is 2. The monoisotopic (exact) mass is 427 g/mol. The summed E-state index contributed by atoms with van der Waals surface area (Å²) in [5.74, 6) is 0.851. The third-order valence-corrected chi connectivity index (χ3v) is 5.55. The zero-order valence-electron chi connectivity index (χ0n) is 19.2. The van der Waals surface area contributed by atoms with Gasteiger partial charge in [0, 0.05) is 24.5 Å². The third-order valence-electron chi connectivity index (χ3n) is 5.55. The Labute approximate surface area is 186 Å². The van der Waals surface area contributed by atoms with E-state index in [1.807, 2.05) is 19.9 Å². The third kappa shape index (κ3) is 8.19. The van der Waals surface area contributed by atoms with E-state index in [9.17, 15) is 9.90 Å². The minimum atomic E-state index is -0.766. The van der Waals surface area contributed by atoms with Crippen LogP contribution >= 0.6 is 0 Å². The van der Waals surface area contributed by atoms with Crippen molar-refractivity contribution in [3.63, 3.8) is 0 Å². The number of anilines is 1. The summed E-state index contributed by atoms with van der Waals surface area (Å²) in [6.45, 7) is 5.02. The fourth-order valence-electron chi connectivity index (χ4n) is 3.91. The van der Waals surface area contributed by atoms with Crippen molar-refractivity contribution in [2.75, 3.05) is 19.0 Å². The highest BCUT2D eigenvalue weighted by Gasteiger charge is 2.16. The highest BCUT2D eigenvalue weighted by atomic mass is 16.5. The Bertz CT molecular complexity index is 793. The molecule has 31 heavy (non-hydrogen) atoms. The highest BCUT2D eigenvalue weighted by molar-refractivity contribution is 5.68. The molecule has 6 nitrogen and oxygen atoms in total. The smallest absolute Gasteiger partial charge is 0.303 e. The first-order valence-corrected chi connectivity index (χ1v) is 11.6. The number of nitrogens with zero attached hydrogens (tertiary/aromatic N) is 2. The lowest BCUT2D eigenvalue weighted by Crippen LogP contribution is -2.13. The van der Waals surface area contributed by atoms with E-state index in [1.165, 1.54) is 12.0 Å². The molecule has 1 aliphatic heterocycles. The number of hydrogen-bond acceptors (Lipinski definition) is 5. The van der Waals surface area contributed by atoms with Crippen molar-refractivity contribution in [3.05, 3.63) is 47.3 Å². The molecule has 1 unspecified atom stereocenters. The molecule has 0 saturated carbocycles. The van der Waals surface area contributed by atoms with Crippen molar-refractivity contribution >= 4 is 11.8 Å². The topological polar surface area (TPSA) is 84.3 Å². The van der Waals surface area contributed by atoms with Crippen LogP contribution in [-0.4, -0.2) is 34.7 Å². The van der Waals surface area contributed by atoms with E-state index < -0.39 is 5.97 Å². The molecule has 3 heterocycles. The van der Waals surface area contributed by atoms with Crippen molar-refractivity contribution in [2.45, 2.75) is 77.6 Å². The van der Waals surface area contributed by atoms with Crippen LogP contribution in [0.2, 0.25) is 0 Å². The standard InChI is InChI=1S/C23H31N3O3.C2H6/c1-29-21-13-11-19(16-25-21)18(15-22(27)28)7-4-2-3-5-9-20-12-10-17-8-6-14-24-23(17)26-20;1-2/h10-13,16,18H,2-9,14-15H2,1H3,(H,24,26)(H,27,28);1-2H3. The second kappa shape index (κ2) is 13.6. The lowest BCUT2D eigenvalue weighted by Gasteiger charge is -2.17. The molecule has 1 atom stereocenters. The maximum Gasteiger partial charge on any atom is 0.303 e. The van der Waals surface area contributed by atoms with Gasteiger partial charge in [0.25, 0.3) is 0 Å². The molecule has 0 radical (unpaired) electrons. The first-order valence-electron chi connectivity index (χ1n) is 11.6. The van der Waals surface area contributed by atoms with Gasteiger partial charge in [-0.05, 0) is 55.2 Å². The van der Waals surface area contributed by atoms with Crippen molar-refractivity contribution < 1.29 is 14.6 Å². The zero-order valence-corrected chi connectivity index (χ0v) is 19.2. The van der Waals surface area contributed by atoms with Gasteiger partial charge in [0.1, 0.15) is 5.82 Å². The molecule has 0 aromatic carbocycles. The molecule has 3 rings (SSSR count). The van der Waals surface area contributed by atoms with E-state index in [-0.39, 0.29) is 12.3 Å². The summed E-state index contributed by atoms with van der Waals surface area (Å²) < 4.78 is 5.09. The van der Waals surface area contributed by atoms with Gasteiger partial charge in [-0.25, -0.2) is 9.97 Å². The first-order chi connectivity index (χ1) is 15.2. The molecule has 0 bridgehead atoms. The normalized spacial score (nSPS) is 13.3. The van der Waals surface area contributed by atoms with Gasteiger partial charge in [-0.1, -0.05) is 45.2 Å². The Morgan fingerprint density at radius 2 is 1.97 bits per heavy atom. The molecule has 6 heteroatoms. The van der Waals surface area contributed by atoms with Gasteiger partial charge < -0.3 is 15.2 Å². The van der Waals surface area contributed by atoms with Crippen molar-refractivity contribution in [2.24, 2.45) is 0 Å². The maximum absolute atomic E-state index is 11.2. The Kier molecular flexibility index (Phi) is 10.8. The van der Waals surface area contributed by atoms with Crippen LogP contribution in [0.4, 0.5) is 5.82 Å². The number of aromatic nitrogens is 2. The number of pyridine rings is 2. The summed E-state index contributed by atoms with van der Waals surface area (Å²) in [7, 11) is 1.58. The van der Waals surface area contributed by atoms with Gasteiger partial charge in [-0.3, -0.25) is 4.79 Å². The Morgan fingerprint density at radius 3 is 2.68 bits per heavy atom. The fraction of sp³-hybridized carbons (Fsp3) is 0.560. The number of fused-ring (bicyclic) bond motifs is 1. The summed E-state index contributed by atoms with van der Waals surface area (Å²) in [6.07, 6.45) is 10.4. The second-order valence-corrected chi connectivity index (χ2v) is 7.72. The Hall–Kier alpha value is -2.63. The molecule has 2 aromatic heterocycles. The van der Waals surface area contributed by atoms with Crippen molar-refractivity contribution in [1.29, 1.82) is 0 Å². The fourth-order valence-corrected chi connectivity index (χ4v) is 3.91. The molecule has 1 aliphatic rings. The number of carboxylic acid groups (broad SMARTS) is 1. The van der Waals surface area contributed by atoms with Gasteiger partial charge in [-0.2, -0.15) is 0 Å². The quantitative estimate of drug-likeness (QED) is 0.453. The predicted octanol–water partition coefficient (Wildman–Crippen LogP) is 5.62. The number of rotatable bonds is 11. The van der Waals surface area contributed by atoms with Gasteiger partial charge >= 0.3 is 5.97 Å². The van der Waals surface area contributed by atoms with E-state index in [2.05, 4.69) is 22.4 Å². The molecule has 170 valence electrons. The van der Waals surface area contributed by atoms with E-state index >= 15 is 0 Å². The summed E-state index contributed by atoms with van der Waals surface area (Å²) >= 11 is 0. The molecular formula is C25H37N3O3. The second-order valence-electron chi connectivity index (χ2n) is 7.72. The number of unbranched alkanes of at least 4 members (excludes halogenated alkanes) is 3. The number of carboxylic acids is 1. The SMILES string of the molecule is CC.COc1ccc(C(CCCCCCc2ccc3c(n2)NCCC3)CC(=O)O)cn1. The number of nitrogens with one attached hydrogen (secondary N) is 1. The minimum Gasteiger partial charge on any atom is -0.481 e. The highest BCUT2D eigenvalue weighted by Crippen LogP contribution is 2.27. The first kappa shape index (κ1) is 24.6. The number of hydrogen-bond donors (Lipinski definition) is 2. The summed E-state index contributed by atoms with van der Waals surface area (Å²) in [5.41, 5.74) is 3.46. The molecule has 0 spiro atoms. The lowest BCUT2D eigenvalue weighted by atomic mass is 9.91. The van der Waals surface area contributed by atoms with Crippen LogP contribution in [0.5, 0.6) is 5.88 Å². The van der Waals surface area contributed by atoms with Crippen LogP contribution in [0.15, 0.2) is 30.5 Å². The molecule has 0 fully saturated rings. The van der Waals surface area contributed by atoms with Gasteiger partial charge in [0.15, 0.2) is 0 Å². The van der Waals surface area contributed by atoms with Crippen LogP contribution in [0, 0.1) is 0 Å². The van der Waals surface area contributed by atoms with Gasteiger partial charge in [-0.15, -0.1) is 0 Å². The maximum atomic E-state index is 11.2. The van der Waals surface area contributed by atoms with Crippen LogP contribution in [0.1, 0.15) is 81.5 Å². The Morgan fingerprint density at radius 1 is 1.16 bits per heavy atom. The lowest BCUT2D eigenvalue weighted by molar-refractivity contribution is -0.137. The van der Waals surface area contributed by atoms with E-state index in [4.69, 9.17) is 9.72 Å². The van der Waals surface area contributed by atoms with E-state index in [0.717, 1.165) is 68.6 Å². The number of aliphatic carboxylic acids is 1. The molecule has 0 saturated heterocycles. The largest absolute Gasteiger partial charge is 0.481 e. The molecular weight excluding hydrogens is 390 g/mol. The minimum absolute atomic E-state index is 0.000655. The van der Waals surface area contributed by atoms with Crippen LogP contribution in [0.25, 0.3) is 0 Å². The molecule has 2 N–H and O–H groups in total. The van der Waals surface area contributed by atoms with E-state index in [1.54, 1.807) is 19.4 Å². The predicted molar refractivity (Wildman–Crippen MR) is 125 cm³/mol. The van der Waals surface area contributed by atoms with Crippen LogP contribution < -0.4 is 10.1 Å². The van der Waals surface area contributed by atoms with E-state index in [0.29, 0.717) is 5.88 Å². The molecule has 0 aliphatic carbocycles. The van der Waals surface area contributed by atoms with Gasteiger partial charge in [0.05, 0.1) is 13.5 Å². The average Bonchev–Trinajstić information content (AvgIpc) is 2.81. The zero-order chi connectivity index (χ0) is 22.5.